The predicted molar refractivity (Wildman–Crippen MR) is 113 cm³/mol. The third kappa shape index (κ3) is 4.07. The number of nitrogen functional groups attached to an aromatic ring is 1. The molecule has 1 aliphatic rings. The number of rotatable bonds is 5. The number of benzene rings is 1. The van der Waals surface area contributed by atoms with Crippen LogP contribution in [0.25, 0.3) is 5.69 Å². The van der Waals surface area contributed by atoms with E-state index in [1.807, 2.05) is 24.3 Å². The average molecular weight is 403 g/mol. The Labute approximate surface area is 173 Å². The minimum Gasteiger partial charge on any atom is -0.384 e. The number of pyridine rings is 2. The SMILES string of the molecule is Nc1cc(C(=O)NCC2CC(=O)N(c3ccc(-n4ccccc4=O)cc3)C2)ccn1. The molecule has 0 radical (unpaired) electrons. The van der Waals surface area contributed by atoms with Gasteiger partial charge in [0, 0.05) is 60.8 Å². The van der Waals surface area contributed by atoms with Gasteiger partial charge < -0.3 is 16.0 Å². The summed E-state index contributed by atoms with van der Waals surface area (Å²) >= 11 is 0. The van der Waals surface area contributed by atoms with Gasteiger partial charge in [0.15, 0.2) is 0 Å². The summed E-state index contributed by atoms with van der Waals surface area (Å²) in [6.07, 6.45) is 3.55. The van der Waals surface area contributed by atoms with Crippen molar-refractivity contribution in [3.05, 3.63) is 82.9 Å². The van der Waals surface area contributed by atoms with Crippen LogP contribution in [0.15, 0.2) is 71.8 Å². The van der Waals surface area contributed by atoms with Gasteiger partial charge in [-0.2, -0.15) is 0 Å². The summed E-state index contributed by atoms with van der Waals surface area (Å²) in [7, 11) is 0. The fraction of sp³-hybridized carbons (Fsp3) is 0.182. The summed E-state index contributed by atoms with van der Waals surface area (Å²) in [6.45, 7) is 0.906. The zero-order valence-corrected chi connectivity index (χ0v) is 16.2. The van der Waals surface area contributed by atoms with Gasteiger partial charge in [0.25, 0.3) is 11.5 Å². The molecule has 0 bridgehead atoms. The van der Waals surface area contributed by atoms with E-state index < -0.39 is 0 Å². The molecule has 1 unspecified atom stereocenters. The lowest BCUT2D eigenvalue weighted by molar-refractivity contribution is -0.117. The van der Waals surface area contributed by atoms with E-state index >= 15 is 0 Å². The molecule has 152 valence electrons. The largest absolute Gasteiger partial charge is 0.384 e. The second-order valence-corrected chi connectivity index (χ2v) is 7.18. The van der Waals surface area contributed by atoms with E-state index in [1.54, 1.807) is 33.9 Å². The maximum atomic E-state index is 12.5. The highest BCUT2D eigenvalue weighted by molar-refractivity contribution is 5.96. The number of nitrogens with zero attached hydrogens (tertiary/aromatic N) is 3. The lowest BCUT2D eigenvalue weighted by Gasteiger charge is -2.18. The average Bonchev–Trinajstić information content (AvgIpc) is 3.13. The summed E-state index contributed by atoms with van der Waals surface area (Å²) in [5, 5.41) is 2.86. The van der Waals surface area contributed by atoms with Gasteiger partial charge in [-0.15, -0.1) is 0 Å². The zero-order valence-electron chi connectivity index (χ0n) is 16.2. The molecular formula is C22H21N5O3. The molecule has 3 heterocycles. The van der Waals surface area contributed by atoms with E-state index in [0.29, 0.717) is 25.1 Å². The molecule has 0 spiro atoms. The van der Waals surface area contributed by atoms with Crippen molar-refractivity contribution in [3.63, 3.8) is 0 Å². The van der Waals surface area contributed by atoms with Crippen LogP contribution in [0, 0.1) is 5.92 Å². The maximum absolute atomic E-state index is 12.5. The minimum atomic E-state index is -0.243. The van der Waals surface area contributed by atoms with Crippen molar-refractivity contribution in [1.29, 1.82) is 0 Å². The maximum Gasteiger partial charge on any atom is 0.255 e. The van der Waals surface area contributed by atoms with Gasteiger partial charge in [0.05, 0.1) is 0 Å². The van der Waals surface area contributed by atoms with E-state index in [9.17, 15) is 14.4 Å². The van der Waals surface area contributed by atoms with Gasteiger partial charge in [-0.05, 0) is 42.5 Å². The van der Waals surface area contributed by atoms with Crippen LogP contribution >= 0.6 is 0 Å². The number of carbonyl (C=O) groups is 2. The van der Waals surface area contributed by atoms with Gasteiger partial charge in [-0.1, -0.05) is 6.07 Å². The lowest BCUT2D eigenvalue weighted by atomic mass is 10.1. The van der Waals surface area contributed by atoms with Gasteiger partial charge in [-0.25, -0.2) is 4.98 Å². The molecule has 0 saturated carbocycles. The molecule has 1 aliphatic heterocycles. The molecule has 8 heteroatoms. The van der Waals surface area contributed by atoms with Gasteiger partial charge in [-0.3, -0.25) is 19.0 Å². The molecule has 1 atom stereocenters. The first-order chi connectivity index (χ1) is 14.5. The van der Waals surface area contributed by atoms with E-state index in [-0.39, 0.29) is 29.1 Å². The Morgan fingerprint density at radius 2 is 1.87 bits per heavy atom. The molecule has 0 aliphatic carbocycles. The Hall–Kier alpha value is -3.94. The molecule has 8 nitrogen and oxygen atoms in total. The molecule has 3 aromatic rings. The third-order valence-electron chi connectivity index (χ3n) is 5.06. The number of nitrogens with one attached hydrogen (secondary N) is 1. The summed E-state index contributed by atoms with van der Waals surface area (Å²) < 4.78 is 1.54. The molecular weight excluding hydrogens is 382 g/mol. The first kappa shape index (κ1) is 19.4. The van der Waals surface area contributed by atoms with Crippen molar-refractivity contribution in [2.24, 2.45) is 5.92 Å². The summed E-state index contributed by atoms with van der Waals surface area (Å²) in [5.41, 5.74) is 7.43. The van der Waals surface area contributed by atoms with Crippen molar-refractivity contribution in [3.8, 4) is 5.69 Å². The first-order valence-corrected chi connectivity index (χ1v) is 9.59. The smallest absolute Gasteiger partial charge is 0.255 e. The Bertz CT molecular complexity index is 1140. The van der Waals surface area contributed by atoms with Crippen molar-refractivity contribution < 1.29 is 9.59 Å². The Kier molecular flexibility index (Phi) is 5.30. The molecule has 2 aromatic heterocycles. The standard InChI is InChI=1S/C22H21N5O3/c23-19-12-16(8-9-24-19)22(30)25-13-15-11-21(29)27(14-15)18-6-4-17(5-7-18)26-10-2-1-3-20(26)28/h1-10,12,15H,11,13-14H2,(H2,23,24)(H,25,30). The molecule has 3 N–H and O–H groups in total. The van der Waals surface area contributed by atoms with Gasteiger partial charge in [0.2, 0.25) is 5.91 Å². The lowest BCUT2D eigenvalue weighted by Crippen LogP contribution is -2.31. The minimum absolute atomic E-state index is 0.00651. The van der Waals surface area contributed by atoms with Crippen LogP contribution in [0.4, 0.5) is 11.5 Å². The Balaban J connectivity index is 1.39. The van der Waals surface area contributed by atoms with Crippen LogP contribution in [-0.4, -0.2) is 34.5 Å². The van der Waals surface area contributed by atoms with Crippen LogP contribution < -0.4 is 21.5 Å². The van der Waals surface area contributed by atoms with E-state index in [2.05, 4.69) is 10.3 Å². The quantitative estimate of drug-likeness (QED) is 0.672. The van der Waals surface area contributed by atoms with Crippen LogP contribution in [0.3, 0.4) is 0 Å². The number of carbonyl (C=O) groups excluding carboxylic acids is 2. The number of amides is 2. The second-order valence-electron chi connectivity index (χ2n) is 7.18. The number of aromatic nitrogens is 2. The van der Waals surface area contributed by atoms with Crippen molar-refractivity contribution in [1.82, 2.24) is 14.9 Å². The van der Waals surface area contributed by atoms with E-state index in [1.165, 1.54) is 18.3 Å². The first-order valence-electron chi connectivity index (χ1n) is 9.59. The van der Waals surface area contributed by atoms with Crippen LogP contribution in [0.2, 0.25) is 0 Å². The van der Waals surface area contributed by atoms with E-state index in [0.717, 1.165) is 11.4 Å². The van der Waals surface area contributed by atoms with E-state index in [4.69, 9.17) is 5.73 Å². The second kappa shape index (κ2) is 8.20. The molecule has 1 aromatic carbocycles. The van der Waals surface area contributed by atoms with Crippen molar-refractivity contribution in [2.75, 3.05) is 23.7 Å². The number of hydrogen-bond donors (Lipinski definition) is 2. The summed E-state index contributed by atoms with van der Waals surface area (Å²) in [6, 6.07) is 15.4. The fourth-order valence-corrected chi connectivity index (χ4v) is 3.53. The zero-order chi connectivity index (χ0) is 21.1. The molecule has 2 amide bonds. The molecule has 30 heavy (non-hydrogen) atoms. The fourth-order valence-electron chi connectivity index (χ4n) is 3.53. The monoisotopic (exact) mass is 403 g/mol. The molecule has 1 saturated heterocycles. The van der Waals surface area contributed by atoms with Gasteiger partial charge in [0.1, 0.15) is 5.82 Å². The van der Waals surface area contributed by atoms with Crippen LogP contribution in [0.5, 0.6) is 0 Å². The number of hydrogen-bond acceptors (Lipinski definition) is 5. The third-order valence-corrected chi connectivity index (χ3v) is 5.06. The predicted octanol–water partition coefficient (Wildman–Crippen LogP) is 1.60. The number of nitrogens with two attached hydrogens (primary N) is 1. The summed E-state index contributed by atoms with van der Waals surface area (Å²) in [5.74, 6) is 0.0582. The van der Waals surface area contributed by atoms with Crippen LogP contribution in [0.1, 0.15) is 16.8 Å². The molecule has 1 fully saturated rings. The summed E-state index contributed by atoms with van der Waals surface area (Å²) in [4.78, 5) is 42.3. The van der Waals surface area contributed by atoms with Crippen molar-refractivity contribution in [2.45, 2.75) is 6.42 Å². The highest BCUT2D eigenvalue weighted by Gasteiger charge is 2.30. The highest BCUT2D eigenvalue weighted by Crippen LogP contribution is 2.25. The molecule has 4 rings (SSSR count). The number of anilines is 2. The normalized spacial score (nSPS) is 15.9. The Morgan fingerprint density at radius 3 is 2.60 bits per heavy atom. The topological polar surface area (TPSA) is 110 Å². The highest BCUT2D eigenvalue weighted by atomic mass is 16.2. The van der Waals surface area contributed by atoms with Crippen molar-refractivity contribution >= 4 is 23.3 Å². The Morgan fingerprint density at radius 1 is 1.10 bits per heavy atom. The van der Waals surface area contributed by atoms with Gasteiger partial charge >= 0.3 is 0 Å². The van der Waals surface area contributed by atoms with Crippen LogP contribution in [-0.2, 0) is 4.79 Å².